The van der Waals surface area contributed by atoms with Crippen molar-refractivity contribution in [2.45, 2.75) is 13.0 Å². The number of amidine groups is 1. The summed E-state index contributed by atoms with van der Waals surface area (Å²) in [5, 5.41) is 11.4. The Balaban J connectivity index is 2.31. The molecule has 17 heavy (non-hydrogen) atoms. The molecule has 1 aromatic rings. The van der Waals surface area contributed by atoms with Gasteiger partial charge in [-0.1, -0.05) is 0 Å². The van der Waals surface area contributed by atoms with Crippen LogP contribution in [0.4, 0.5) is 0 Å². The smallest absolute Gasteiger partial charge is 0.0918 e. The van der Waals surface area contributed by atoms with E-state index in [1.54, 1.807) is 13.3 Å². The van der Waals surface area contributed by atoms with Crippen LogP contribution < -0.4 is 5.73 Å². The van der Waals surface area contributed by atoms with Gasteiger partial charge in [-0.2, -0.15) is 5.10 Å². The van der Waals surface area contributed by atoms with Crippen molar-refractivity contribution in [3.05, 3.63) is 18.5 Å². The van der Waals surface area contributed by atoms with Crippen LogP contribution >= 0.6 is 0 Å². The lowest BCUT2D eigenvalue weighted by Gasteiger charge is -2.21. The first-order chi connectivity index (χ1) is 8.22. The topological polar surface area (TPSA) is 80.2 Å². The fourth-order valence-corrected chi connectivity index (χ4v) is 1.51. The molecule has 0 aliphatic rings. The highest BCUT2D eigenvalue weighted by molar-refractivity contribution is 5.76. The molecule has 0 bridgehead atoms. The predicted molar refractivity (Wildman–Crippen MR) is 67.1 cm³/mol. The van der Waals surface area contributed by atoms with Crippen molar-refractivity contribution in [1.82, 2.24) is 14.7 Å². The molecule has 0 radical (unpaired) electrons. The lowest BCUT2D eigenvalue weighted by Crippen LogP contribution is -2.33. The third kappa shape index (κ3) is 6.03. The monoisotopic (exact) mass is 239 g/mol. The highest BCUT2D eigenvalue weighted by Crippen LogP contribution is 1.94. The third-order valence-corrected chi connectivity index (χ3v) is 2.51. The summed E-state index contributed by atoms with van der Waals surface area (Å²) in [6.07, 6.45) is 4.32. The number of ether oxygens (including phenoxy) is 1. The molecule has 0 aliphatic carbocycles. The van der Waals surface area contributed by atoms with Crippen molar-refractivity contribution < 1.29 is 4.74 Å². The first-order valence-electron chi connectivity index (χ1n) is 5.74. The minimum Gasteiger partial charge on any atom is -0.388 e. The number of nitrogens with zero attached hydrogens (tertiary/aromatic N) is 3. The number of nitrogens with one attached hydrogen (secondary N) is 1. The summed E-state index contributed by atoms with van der Waals surface area (Å²) in [5.41, 5.74) is 5.37. The minimum atomic E-state index is 0.228. The van der Waals surface area contributed by atoms with E-state index in [1.165, 1.54) is 0 Å². The van der Waals surface area contributed by atoms with Crippen LogP contribution in [-0.2, 0) is 11.3 Å². The first-order valence-corrected chi connectivity index (χ1v) is 5.74. The maximum absolute atomic E-state index is 7.24. The van der Waals surface area contributed by atoms with Gasteiger partial charge < -0.3 is 10.5 Å². The molecule has 0 saturated heterocycles. The highest BCUT2D eigenvalue weighted by atomic mass is 16.5. The molecule has 1 rings (SSSR count). The number of hydrogen-bond acceptors (Lipinski definition) is 4. The Kier molecular flexibility index (Phi) is 6.27. The van der Waals surface area contributed by atoms with Crippen LogP contribution in [0.15, 0.2) is 18.5 Å². The average molecular weight is 239 g/mol. The molecule has 0 unspecified atom stereocenters. The zero-order chi connectivity index (χ0) is 12.5. The molecule has 0 aliphatic heterocycles. The Bertz CT molecular complexity index is 312. The first kappa shape index (κ1) is 13.7. The summed E-state index contributed by atoms with van der Waals surface area (Å²) >= 11 is 0. The molecular weight excluding hydrogens is 218 g/mol. The fourth-order valence-electron chi connectivity index (χ4n) is 1.51. The quantitative estimate of drug-likeness (QED) is 0.475. The highest BCUT2D eigenvalue weighted by Gasteiger charge is 2.05. The van der Waals surface area contributed by atoms with Crippen molar-refractivity contribution in [2.75, 3.05) is 33.4 Å². The normalized spacial score (nSPS) is 10.9. The molecule has 0 spiro atoms. The third-order valence-electron chi connectivity index (χ3n) is 2.51. The van der Waals surface area contributed by atoms with Gasteiger partial charge in [-0.25, -0.2) is 0 Å². The number of rotatable bonds is 9. The Morgan fingerprint density at radius 2 is 2.29 bits per heavy atom. The summed E-state index contributed by atoms with van der Waals surface area (Å²) in [7, 11) is 1.69. The molecule has 0 saturated carbocycles. The zero-order valence-corrected chi connectivity index (χ0v) is 10.3. The molecule has 3 N–H and O–H groups in total. The van der Waals surface area contributed by atoms with E-state index in [1.807, 2.05) is 16.9 Å². The molecule has 0 atom stereocenters. The van der Waals surface area contributed by atoms with Crippen molar-refractivity contribution in [1.29, 1.82) is 5.41 Å². The van der Waals surface area contributed by atoms with Gasteiger partial charge in [-0.15, -0.1) is 0 Å². The van der Waals surface area contributed by atoms with Gasteiger partial charge >= 0.3 is 0 Å². The van der Waals surface area contributed by atoms with Crippen LogP contribution in [0.1, 0.15) is 6.42 Å². The molecule has 96 valence electrons. The lowest BCUT2D eigenvalue weighted by atomic mass is 10.3. The second-order valence-electron chi connectivity index (χ2n) is 3.88. The van der Waals surface area contributed by atoms with Crippen molar-refractivity contribution >= 4 is 5.84 Å². The standard InChI is InChI=1S/C11H21N5O/c1-17-10-9-15(6-3-11(12)13)7-8-16-5-2-4-14-16/h2,4-5H,3,6-10H2,1H3,(H3,12,13). The van der Waals surface area contributed by atoms with E-state index in [9.17, 15) is 0 Å². The van der Waals surface area contributed by atoms with Gasteiger partial charge in [-0.05, 0) is 6.07 Å². The maximum Gasteiger partial charge on any atom is 0.0918 e. The second kappa shape index (κ2) is 7.81. The van der Waals surface area contributed by atoms with Gasteiger partial charge in [0.05, 0.1) is 19.0 Å². The van der Waals surface area contributed by atoms with E-state index in [4.69, 9.17) is 15.9 Å². The van der Waals surface area contributed by atoms with Crippen LogP contribution in [0.2, 0.25) is 0 Å². The molecule has 0 amide bonds. The zero-order valence-electron chi connectivity index (χ0n) is 10.3. The Morgan fingerprint density at radius 3 is 2.88 bits per heavy atom. The van der Waals surface area contributed by atoms with E-state index in [0.717, 1.165) is 26.2 Å². The van der Waals surface area contributed by atoms with E-state index in [-0.39, 0.29) is 5.84 Å². The van der Waals surface area contributed by atoms with Crippen LogP contribution in [-0.4, -0.2) is 53.9 Å². The maximum atomic E-state index is 7.24. The molecule has 0 fully saturated rings. The Hall–Kier alpha value is -1.40. The van der Waals surface area contributed by atoms with Crippen LogP contribution in [0.5, 0.6) is 0 Å². The van der Waals surface area contributed by atoms with Gasteiger partial charge in [-0.3, -0.25) is 15.0 Å². The van der Waals surface area contributed by atoms with Gasteiger partial charge in [0.1, 0.15) is 0 Å². The molecule has 1 heterocycles. The summed E-state index contributed by atoms with van der Waals surface area (Å²) in [4.78, 5) is 2.23. The van der Waals surface area contributed by atoms with Crippen molar-refractivity contribution in [3.63, 3.8) is 0 Å². The summed E-state index contributed by atoms with van der Waals surface area (Å²) in [6, 6.07) is 1.91. The van der Waals surface area contributed by atoms with E-state index < -0.39 is 0 Å². The molecule has 6 heteroatoms. The SMILES string of the molecule is COCCN(CCC(=N)N)CCn1cccn1. The molecule has 1 aromatic heterocycles. The predicted octanol–water partition coefficient (Wildman–Crippen LogP) is 0.158. The Labute approximate surface area is 102 Å². The van der Waals surface area contributed by atoms with E-state index in [0.29, 0.717) is 13.0 Å². The molecule has 6 nitrogen and oxygen atoms in total. The second-order valence-corrected chi connectivity index (χ2v) is 3.88. The minimum absolute atomic E-state index is 0.228. The molecular formula is C11H21N5O. The number of hydrogen-bond donors (Lipinski definition) is 2. The number of aromatic nitrogens is 2. The van der Waals surface area contributed by atoms with Crippen LogP contribution in [0.25, 0.3) is 0 Å². The summed E-state index contributed by atoms with van der Waals surface area (Å²) < 4.78 is 6.96. The fraction of sp³-hybridized carbons (Fsp3) is 0.636. The summed E-state index contributed by atoms with van der Waals surface area (Å²) in [6.45, 7) is 4.06. The van der Waals surface area contributed by atoms with Crippen LogP contribution in [0.3, 0.4) is 0 Å². The average Bonchev–Trinajstić information content (AvgIpc) is 2.80. The number of methoxy groups -OCH3 is 1. The lowest BCUT2D eigenvalue weighted by molar-refractivity contribution is 0.146. The molecule has 0 aromatic carbocycles. The number of nitrogens with two attached hydrogens (primary N) is 1. The van der Waals surface area contributed by atoms with E-state index in [2.05, 4.69) is 10.00 Å². The van der Waals surface area contributed by atoms with Gasteiger partial charge in [0.25, 0.3) is 0 Å². The van der Waals surface area contributed by atoms with E-state index >= 15 is 0 Å². The van der Waals surface area contributed by atoms with Gasteiger partial charge in [0, 0.05) is 45.6 Å². The Morgan fingerprint density at radius 1 is 1.47 bits per heavy atom. The van der Waals surface area contributed by atoms with Crippen molar-refractivity contribution in [2.24, 2.45) is 5.73 Å². The van der Waals surface area contributed by atoms with Gasteiger partial charge in [0.15, 0.2) is 0 Å². The van der Waals surface area contributed by atoms with Crippen molar-refractivity contribution in [3.8, 4) is 0 Å². The summed E-state index contributed by atoms with van der Waals surface area (Å²) in [5.74, 6) is 0.228. The van der Waals surface area contributed by atoms with Crippen LogP contribution in [0, 0.1) is 5.41 Å². The van der Waals surface area contributed by atoms with Gasteiger partial charge in [0.2, 0.25) is 0 Å². The largest absolute Gasteiger partial charge is 0.388 e.